The Morgan fingerprint density at radius 2 is 1.83 bits per heavy atom. The molecule has 0 aromatic heterocycles. The molecule has 0 bridgehead atoms. The van der Waals surface area contributed by atoms with Crippen molar-refractivity contribution < 1.29 is 9.53 Å². The Bertz CT molecular complexity index is 480. The first-order chi connectivity index (χ1) is 11.1. The zero-order chi connectivity index (χ0) is 16.7. The van der Waals surface area contributed by atoms with Crippen LogP contribution in [0, 0.1) is 5.92 Å². The van der Waals surface area contributed by atoms with Crippen LogP contribution in [0.3, 0.4) is 0 Å². The second-order valence-corrected chi connectivity index (χ2v) is 6.40. The zero-order valence-electron chi connectivity index (χ0n) is 14.5. The molecule has 1 fully saturated rings. The quantitative estimate of drug-likeness (QED) is 0.875. The van der Waals surface area contributed by atoms with Gasteiger partial charge in [0.05, 0.1) is 6.61 Å². The number of amides is 2. The summed E-state index contributed by atoms with van der Waals surface area (Å²) in [5, 5.41) is 2.96. The Morgan fingerprint density at radius 1 is 1.17 bits per heavy atom. The molecule has 23 heavy (non-hydrogen) atoms. The third kappa shape index (κ3) is 5.75. The van der Waals surface area contributed by atoms with Gasteiger partial charge in [-0.15, -0.1) is 0 Å². The molecular weight excluding hydrogens is 290 g/mol. The number of benzene rings is 1. The summed E-state index contributed by atoms with van der Waals surface area (Å²) >= 11 is 0. The fraction of sp³-hybridized carbons (Fsp3) is 0.611. The van der Waals surface area contributed by atoms with Gasteiger partial charge in [0.2, 0.25) is 0 Å². The molecule has 5 heteroatoms. The minimum Gasteiger partial charge on any atom is -0.494 e. The highest BCUT2D eigenvalue weighted by Crippen LogP contribution is 2.16. The molecular formula is C18H29N3O2. The maximum Gasteiger partial charge on any atom is 0.321 e. The van der Waals surface area contributed by atoms with Gasteiger partial charge in [-0.2, -0.15) is 0 Å². The molecule has 1 aromatic rings. The van der Waals surface area contributed by atoms with Crippen LogP contribution in [0.25, 0.3) is 0 Å². The van der Waals surface area contributed by atoms with Crippen LogP contribution in [0.5, 0.6) is 5.75 Å². The number of urea groups is 1. The molecule has 0 atom stereocenters. The molecule has 0 unspecified atom stereocenters. The van der Waals surface area contributed by atoms with Gasteiger partial charge in [-0.05, 0) is 50.1 Å². The molecule has 1 aliphatic rings. The average Bonchev–Trinajstić information content (AvgIpc) is 2.55. The van der Waals surface area contributed by atoms with Crippen molar-refractivity contribution in [2.45, 2.75) is 27.2 Å². The molecule has 2 amide bonds. The number of carbonyl (C=O) groups excluding carboxylic acids is 1. The van der Waals surface area contributed by atoms with Crippen LogP contribution in [-0.4, -0.2) is 55.2 Å². The van der Waals surface area contributed by atoms with Crippen molar-refractivity contribution in [3.05, 3.63) is 24.3 Å². The highest BCUT2D eigenvalue weighted by Gasteiger charge is 2.20. The number of nitrogens with one attached hydrogen (secondary N) is 1. The minimum absolute atomic E-state index is 0.0160. The normalized spacial score (nSPS) is 15.7. The molecule has 5 nitrogen and oxygen atoms in total. The van der Waals surface area contributed by atoms with Crippen molar-refractivity contribution in [2.75, 3.05) is 44.6 Å². The molecule has 0 aliphatic carbocycles. The summed E-state index contributed by atoms with van der Waals surface area (Å²) in [6, 6.07) is 7.49. The van der Waals surface area contributed by atoms with E-state index in [1.165, 1.54) is 6.42 Å². The average molecular weight is 319 g/mol. The van der Waals surface area contributed by atoms with Crippen molar-refractivity contribution in [2.24, 2.45) is 5.92 Å². The van der Waals surface area contributed by atoms with E-state index in [1.54, 1.807) is 0 Å². The number of piperazine rings is 1. The van der Waals surface area contributed by atoms with Crippen LogP contribution in [-0.2, 0) is 0 Å². The van der Waals surface area contributed by atoms with E-state index in [1.807, 2.05) is 36.1 Å². The van der Waals surface area contributed by atoms with Gasteiger partial charge in [0, 0.05) is 31.9 Å². The number of nitrogens with zero attached hydrogens (tertiary/aromatic N) is 2. The Morgan fingerprint density at radius 3 is 2.39 bits per heavy atom. The second kappa shape index (κ2) is 8.77. The van der Waals surface area contributed by atoms with Gasteiger partial charge >= 0.3 is 6.03 Å². The van der Waals surface area contributed by atoms with Crippen LogP contribution >= 0.6 is 0 Å². The summed E-state index contributed by atoms with van der Waals surface area (Å²) in [6.07, 6.45) is 1.22. The molecule has 1 N–H and O–H groups in total. The van der Waals surface area contributed by atoms with Gasteiger partial charge in [0.1, 0.15) is 5.75 Å². The van der Waals surface area contributed by atoms with Crippen LogP contribution in [0.2, 0.25) is 0 Å². The SMILES string of the molecule is CCOc1ccc(NC(=O)N2CCN(CCC(C)C)CC2)cc1. The number of carbonyl (C=O) groups is 1. The van der Waals surface area contributed by atoms with E-state index in [4.69, 9.17) is 4.74 Å². The lowest BCUT2D eigenvalue weighted by atomic mass is 10.1. The predicted molar refractivity (Wildman–Crippen MR) is 94.1 cm³/mol. The summed E-state index contributed by atoms with van der Waals surface area (Å²) < 4.78 is 5.40. The predicted octanol–water partition coefficient (Wildman–Crippen LogP) is 3.28. The van der Waals surface area contributed by atoms with Crippen LogP contribution in [0.1, 0.15) is 27.2 Å². The first kappa shape index (κ1) is 17.6. The van der Waals surface area contributed by atoms with Crippen molar-refractivity contribution in [1.82, 2.24) is 9.80 Å². The number of rotatable bonds is 6. The van der Waals surface area contributed by atoms with Gasteiger partial charge in [-0.3, -0.25) is 4.90 Å². The maximum atomic E-state index is 12.3. The van der Waals surface area contributed by atoms with Gasteiger partial charge in [0.25, 0.3) is 0 Å². The molecule has 128 valence electrons. The molecule has 2 rings (SSSR count). The van der Waals surface area contributed by atoms with Crippen LogP contribution in [0.15, 0.2) is 24.3 Å². The van der Waals surface area contributed by atoms with E-state index in [0.717, 1.165) is 50.1 Å². The van der Waals surface area contributed by atoms with Crippen molar-refractivity contribution >= 4 is 11.7 Å². The lowest BCUT2D eigenvalue weighted by molar-refractivity contribution is 0.143. The monoisotopic (exact) mass is 319 g/mol. The molecule has 0 radical (unpaired) electrons. The highest BCUT2D eigenvalue weighted by molar-refractivity contribution is 5.89. The first-order valence-electron chi connectivity index (χ1n) is 8.59. The van der Waals surface area contributed by atoms with E-state index >= 15 is 0 Å². The van der Waals surface area contributed by atoms with E-state index in [-0.39, 0.29) is 6.03 Å². The second-order valence-electron chi connectivity index (χ2n) is 6.40. The third-order valence-corrected chi connectivity index (χ3v) is 4.10. The summed E-state index contributed by atoms with van der Waals surface area (Å²) in [5.41, 5.74) is 0.806. The number of anilines is 1. The lowest BCUT2D eigenvalue weighted by Gasteiger charge is -2.35. The highest BCUT2D eigenvalue weighted by atomic mass is 16.5. The summed E-state index contributed by atoms with van der Waals surface area (Å²) in [4.78, 5) is 16.7. The van der Waals surface area contributed by atoms with E-state index < -0.39 is 0 Å². The summed E-state index contributed by atoms with van der Waals surface area (Å²) in [6.45, 7) is 11.7. The van der Waals surface area contributed by atoms with E-state index in [2.05, 4.69) is 24.1 Å². The van der Waals surface area contributed by atoms with Gasteiger partial charge in [-0.25, -0.2) is 4.79 Å². The standard InChI is InChI=1S/C18H29N3O2/c1-4-23-17-7-5-16(6-8-17)19-18(22)21-13-11-20(12-14-21)10-9-15(2)3/h5-8,15H,4,9-14H2,1-3H3,(H,19,22). The third-order valence-electron chi connectivity index (χ3n) is 4.10. The largest absolute Gasteiger partial charge is 0.494 e. The molecule has 1 saturated heterocycles. The fourth-order valence-corrected chi connectivity index (χ4v) is 2.62. The van der Waals surface area contributed by atoms with Crippen LogP contribution in [0.4, 0.5) is 10.5 Å². The Balaban J connectivity index is 1.76. The Labute approximate surface area is 139 Å². The Hall–Kier alpha value is -1.75. The lowest BCUT2D eigenvalue weighted by Crippen LogP contribution is -2.50. The molecule has 0 saturated carbocycles. The zero-order valence-corrected chi connectivity index (χ0v) is 14.5. The molecule has 0 spiro atoms. The van der Waals surface area contributed by atoms with Gasteiger partial charge in [0.15, 0.2) is 0 Å². The van der Waals surface area contributed by atoms with Crippen LogP contribution < -0.4 is 10.1 Å². The van der Waals surface area contributed by atoms with E-state index in [0.29, 0.717) is 6.61 Å². The van der Waals surface area contributed by atoms with Crippen molar-refractivity contribution in [3.8, 4) is 5.75 Å². The van der Waals surface area contributed by atoms with Gasteiger partial charge < -0.3 is 15.0 Å². The van der Waals surface area contributed by atoms with E-state index in [9.17, 15) is 4.79 Å². The van der Waals surface area contributed by atoms with Crippen molar-refractivity contribution in [1.29, 1.82) is 0 Å². The minimum atomic E-state index is -0.0160. The summed E-state index contributed by atoms with van der Waals surface area (Å²) in [5.74, 6) is 1.56. The summed E-state index contributed by atoms with van der Waals surface area (Å²) in [7, 11) is 0. The Kier molecular flexibility index (Phi) is 6.71. The first-order valence-corrected chi connectivity index (χ1v) is 8.59. The number of hydrogen-bond acceptors (Lipinski definition) is 3. The number of hydrogen-bond donors (Lipinski definition) is 1. The van der Waals surface area contributed by atoms with Gasteiger partial charge in [-0.1, -0.05) is 13.8 Å². The molecule has 1 heterocycles. The smallest absolute Gasteiger partial charge is 0.321 e. The molecule has 1 aromatic carbocycles. The fourth-order valence-electron chi connectivity index (χ4n) is 2.62. The number of ether oxygens (including phenoxy) is 1. The topological polar surface area (TPSA) is 44.8 Å². The maximum absolute atomic E-state index is 12.3. The van der Waals surface area contributed by atoms with Crippen molar-refractivity contribution in [3.63, 3.8) is 0 Å². The molecule has 1 aliphatic heterocycles.